The Hall–Kier alpha value is -8.27. The minimum absolute atomic E-state index is 0.00243. The van der Waals surface area contributed by atoms with Gasteiger partial charge >= 0.3 is 0 Å². The summed E-state index contributed by atoms with van der Waals surface area (Å²) in [6.07, 6.45) is 5.20. The number of amides is 4. The third kappa shape index (κ3) is 18.6. The summed E-state index contributed by atoms with van der Waals surface area (Å²) in [5.41, 5.74) is 11.7. The van der Waals surface area contributed by atoms with Gasteiger partial charge in [-0.25, -0.2) is 18.7 Å². The first-order chi connectivity index (χ1) is 58.8. The molecule has 16 rings (SSSR count). The van der Waals surface area contributed by atoms with Crippen molar-refractivity contribution in [2.75, 3.05) is 34.2 Å². The van der Waals surface area contributed by atoms with Crippen LogP contribution in [0.15, 0.2) is 161 Å². The van der Waals surface area contributed by atoms with E-state index in [0.717, 1.165) is 103 Å². The van der Waals surface area contributed by atoms with Crippen LogP contribution in [0.25, 0.3) is 65.7 Å². The molecule has 0 N–H and O–H groups in total. The Morgan fingerprint density at radius 3 is 1.15 bits per heavy atom. The zero-order valence-electron chi connectivity index (χ0n) is 70.0. The number of carbonyl (C=O) groups is 4. The van der Waals surface area contributed by atoms with Crippen LogP contribution in [-0.4, -0.2) is 157 Å². The first-order valence-electron chi connectivity index (χ1n) is 39.4. The number of amidine groups is 4. The average Bonchev–Trinajstić information content (AvgIpc) is 1.60. The Labute approximate surface area is 793 Å². The molecule has 11 heterocycles. The maximum Gasteiger partial charge on any atom is 0.273 e. The summed E-state index contributed by atoms with van der Waals surface area (Å²) in [5.74, 6) is 8.18. The molecule has 4 aliphatic rings. The lowest BCUT2D eigenvalue weighted by molar-refractivity contribution is -0.125. The summed E-state index contributed by atoms with van der Waals surface area (Å²) >= 11 is 68.7. The lowest BCUT2D eigenvalue weighted by Crippen LogP contribution is -2.44. The fourth-order valence-electron chi connectivity index (χ4n) is 14.0. The summed E-state index contributed by atoms with van der Waals surface area (Å²) in [6.45, 7) is 24.3. The van der Waals surface area contributed by atoms with Gasteiger partial charge < -0.3 is 14.7 Å². The van der Waals surface area contributed by atoms with Crippen molar-refractivity contribution >= 4 is 217 Å². The van der Waals surface area contributed by atoms with Crippen LogP contribution in [0.5, 0.6) is 0 Å². The Bertz CT molecular complexity index is 6430. The molecule has 0 saturated carbocycles. The highest BCUT2D eigenvalue weighted by atomic mass is 79.9. The standard InChI is InChI=1S/C25H24Cl2N4OS.C24H23Cl3N4O.C21H19BrCl2N4OS.C20H17BrCl2N4OS/c1-6-7-8-9-17-11-13-20(33-17)22-15(2)21(23-28-24(32)25(3,4)30(23)5)29-31(22)19-12-10-16(26)14-18(19)27;1-3-5-12-30-21(32)14-28-24(30)22-18(4-2)23(15-6-8-16(25)9-7-15)31(29-22)20-11-10-17(26)13-19(20)27;1-5-12-17(19-25-20(29)21(2,3)27(19)4)26-28(14-7-6-11(23)10-13(14)24)18(12)15-8-9-16(22)30-15;1-10-16(18-24-19(28)20(2,3)26(18)4)25-27(13-6-5-11(22)9-12(13)23)17(10)14-7-8-15(21)29-14/h10-14H,6-7H2,1-5H3;6-11,13H,3-5,12,14H2,1-2H3;6-10H,5H2,1-4H3;5-9H,1-4H3. The molecule has 124 heavy (non-hydrogen) atoms. The van der Waals surface area contributed by atoms with Gasteiger partial charge in [0.2, 0.25) is 5.91 Å². The monoisotopic (exact) mass is 2020 g/mol. The molecule has 0 fully saturated rings. The number of rotatable bonds is 18. The van der Waals surface area contributed by atoms with Crippen molar-refractivity contribution in [2.24, 2.45) is 20.0 Å². The molecule has 0 bridgehead atoms. The number of nitrogens with zero attached hydrogens (tertiary/aromatic N) is 16. The van der Waals surface area contributed by atoms with Crippen LogP contribution in [0.4, 0.5) is 0 Å². The van der Waals surface area contributed by atoms with Crippen molar-refractivity contribution in [1.29, 1.82) is 0 Å². The van der Waals surface area contributed by atoms with Crippen molar-refractivity contribution in [3.63, 3.8) is 0 Å². The molecule has 12 aromatic rings. The van der Waals surface area contributed by atoms with E-state index in [1.165, 1.54) is 0 Å². The van der Waals surface area contributed by atoms with Crippen molar-refractivity contribution in [3.05, 3.63) is 236 Å². The molecule has 4 aliphatic heterocycles. The summed E-state index contributed by atoms with van der Waals surface area (Å²) in [4.78, 5) is 79.0. The maximum absolute atomic E-state index is 12.6. The molecule has 34 heteroatoms. The highest BCUT2D eigenvalue weighted by molar-refractivity contribution is 9.11. The number of benzene rings is 5. The largest absolute Gasteiger partial charge is 0.343 e. The molecule has 0 radical (unpaired) electrons. The number of thiophene rings is 3. The van der Waals surface area contributed by atoms with Crippen molar-refractivity contribution in [3.8, 4) is 77.6 Å². The number of likely N-dealkylation sites (N-methyl/N-ethyl adjacent to an activating group) is 3. The molecule has 0 atom stereocenters. The molecule has 642 valence electrons. The number of hydrogen-bond donors (Lipinski definition) is 0. The Morgan fingerprint density at radius 2 is 0.774 bits per heavy atom. The van der Waals surface area contributed by atoms with Crippen molar-refractivity contribution in [2.45, 2.75) is 138 Å². The van der Waals surface area contributed by atoms with E-state index >= 15 is 0 Å². The summed E-state index contributed by atoms with van der Waals surface area (Å²) < 4.78 is 9.28. The molecule has 5 aromatic carbocycles. The van der Waals surface area contributed by atoms with Crippen molar-refractivity contribution < 1.29 is 19.2 Å². The molecule has 4 amide bonds. The van der Waals surface area contributed by atoms with Crippen LogP contribution in [0.2, 0.25) is 45.2 Å². The smallest absolute Gasteiger partial charge is 0.273 e. The molecule has 0 aliphatic carbocycles. The number of aromatic nitrogens is 8. The van der Waals surface area contributed by atoms with Gasteiger partial charge in [-0.1, -0.05) is 162 Å². The fourth-order valence-corrected chi connectivity index (χ4v) is 20.0. The van der Waals surface area contributed by atoms with Crippen LogP contribution in [0.3, 0.4) is 0 Å². The van der Waals surface area contributed by atoms with Gasteiger partial charge in [-0.2, -0.15) is 35.4 Å². The number of unbranched alkanes of at least 4 members (excludes halogenated alkanes) is 2. The maximum atomic E-state index is 12.6. The van der Waals surface area contributed by atoms with E-state index in [1.807, 2.05) is 190 Å². The highest BCUT2D eigenvalue weighted by Gasteiger charge is 2.46. The second kappa shape index (κ2) is 38.3. The van der Waals surface area contributed by atoms with Gasteiger partial charge in [0.15, 0.2) is 23.3 Å². The molecule has 7 aromatic heterocycles. The quantitative estimate of drug-likeness (QED) is 0.0740. The second-order valence-electron chi connectivity index (χ2n) is 30.8. The van der Waals surface area contributed by atoms with E-state index in [-0.39, 0.29) is 30.2 Å². The van der Waals surface area contributed by atoms with E-state index in [2.05, 4.69) is 91.4 Å². The van der Waals surface area contributed by atoms with E-state index in [4.69, 9.17) is 125 Å². The fraction of sp³-hybridized carbons (Fsp3) is 0.289. The molecule has 20 nitrogen and oxygen atoms in total. The zero-order valence-corrected chi connectivity index (χ0v) is 82.5. The van der Waals surface area contributed by atoms with Crippen molar-refractivity contribution in [1.82, 2.24) is 58.7 Å². The Kier molecular flexibility index (Phi) is 28.9. The predicted octanol–water partition coefficient (Wildman–Crippen LogP) is 25.0. The van der Waals surface area contributed by atoms with E-state index in [1.54, 1.807) is 92.1 Å². The predicted molar refractivity (Wildman–Crippen MR) is 518 cm³/mol. The van der Waals surface area contributed by atoms with Crippen LogP contribution in [0, 0.1) is 25.7 Å². The average molecular weight is 2030 g/mol. The summed E-state index contributed by atoms with van der Waals surface area (Å²) in [5, 5.41) is 24.4. The SMILES string of the molecule is CCCC#Cc1ccc(-c2c(C)c(C3=NC(=O)C(C)(C)N3C)nn2-c2ccc(Cl)cc2Cl)s1.CCCCN1C(=O)CN=C1c1nn(-c2ccc(Cl)cc2Cl)c(-c2ccc(Cl)cc2)c1CC.CCc1c(C2=NC(=O)C(C)(C)N2C)nn(-c2ccc(Cl)cc2Cl)c1-c1ccc(Br)s1.Cc1c(C2=NC(=O)C(C)(C)N2C)nn(-c2ccc(Cl)cc2Cl)c1-c1ccc(Br)s1. The van der Waals surface area contributed by atoms with Crippen LogP contribution < -0.4 is 0 Å². The first kappa shape index (κ1) is 93.4. The van der Waals surface area contributed by atoms with Gasteiger partial charge in [-0.15, -0.1) is 34.0 Å². The number of aliphatic imine (C=N–C) groups is 4. The molecule has 0 spiro atoms. The molecule has 0 unspecified atom stereocenters. The minimum Gasteiger partial charge on any atom is -0.343 e. The number of halogens is 11. The van der Waals surface area contributed by atoms with Gasteiger partial charge in [0.25, 0.3) is 17.7 Å². The Morgan fingerprint density at radius 1 is 0.419 bits per heavy atom. The molecular weight excluding hydrogens is 1940 g/mol. The van der Waals surface area contributed by atoms with E-state index < -0.39 is 16.6 Å². The molecular formula is C90H83Br2Cl9N16O4S3. The third-order valence-electron chi connectivity index (χ3n) is 21.8. The Balaban J connectivity index is 0.000000142. The van der Waals surface area contributed by atoms with Crippen LogP contribution in [-0.2, 0) is 32.0 Å². The summed E-state index contributed by atoms with van der Waals surface area (Å²) in [6, 6.07) is 41.0. The second-order valence-corrected chi connectivity index (χ2v) is 40.6. The van der Waals surface area contributed by atoms with Gasteiger partial charge in [0.05, 0.1) is 92.7 Å². The lowest BCUT2D eigenvalue weighted by Gasteiger charge is -2.27. The van der Waals surface area contributed by atoms with E-state index in [0.29, 0.717) is 133 Å². The van der Waals surface area contributed by atoms with Gasteiger partial charge in [0.1, 0.15) is 45.9 Å². The van der Waals surface area contributed by atoms with E-state index in [9.17, 15) is 19.2 Å². The topological polar surface area (TPSA) is 202 Å². The van der Waals surface area contributed by atoms with Crippen LogP contribution >= 0.6 is 170 Å². The van der Waals surface area contributed by atoms with Crippen LogP contribution in [0.1, 0.15) is 145 Å². The summed E-state index contributed by atoms with van der Waals surface area (Å²) in [7, 11) is 5.60. The number of hydrogen-bond acceptors (Lipinski definition) is 15. The van der Waals surface area contributed by atoms with Gasteiger partial charge in [-0.05, 0) is 234 Å². The third-order valence-corrected chi connectivity index (χ3v) is 28.5. The van der Waals surface area contributed by atoms with Gasteiger partial charge in [-0.3, -0.25) is 29.1 Å². The highest BCUT2D eigenvalue weighted by Crippen LogP contribution is 2.45. The lowest BCUT2D eigenvalue weighted by atomic mass is 10.0. The molecule has 0 saturated heterocycles. The minimum atomic E-state index is -0.728. The van der Waals surface area contributed by atoms with Gasteiger partial charge in [0, 0.05) is 87.0 Å². The zero-order chi connectivity index (χ0) is 89.6. The number of carbonyl (C=O) groups excluding carboxylic acids is 4. The normalized spacial score (nSPS) is 15.0. The first-order valence-corrected chi connectivity index (χ1v) is 46.9.